The number of hydrogen-bond acceptors (Lipinski definition) is 5. The van der Waals surface area contributed by atoms with Gasteiger partial charge in [0.1, 0.15) is 4.83 Å². The molecule has 7 heteroatoms. The van der Waals surface area contributed by atoms with Crippen LogP contribution in [0.3, 0.4) is 0 Å². The summed E-state index contributed by atoms with van der Waals surface area (Å²) in [5.74, 6) is 0.898. The van der Waals surface area contributed by atoms with Crippen LogP contribution >= 0.6 is 23.1 Å². The van der Waals surface area contributed by atoms with E-state index in [-0.39, 0.29) is 17.2 Å². The third-order valence-electron chi connectivity index (χ3n) is 4.88. The molecule has 0 bridgehead atoms. The fourth-order valence-electron chi connectivity index (χ4n) is 3.39. The Morgan fingerprint density at radius 2 is 2.33 bits per heavy atom. The third kappa shape index (κ3) is 4.46. The predicted octanol–water partition coefficient (Wildman–Crippen LogP) is 3.78. The van der Waals surface area contributed by atoms with Crippen molar-refractivity contribution in [3.8, 4) is 0 Å². The molecule has 0 fully saturated rings. The maximum absolute atomic E-state index is 13.2. The lowest BCUT2D eigenvalue weighted by Gasteiger charge is -2.17. The molecule has 0 spiro atoms. The third-order valence-corrected chi connectivity index (χ3v) is 7.00. The molecule has 0 saturated carbocycles. The fourth-order valence-corrected chi connectivity index (χ4v) is 5.65. The van der Waals surface area contributed by atoms with Crippen LogP contribution < -0.4 is 10.9 Å². The highest BCUT2D eigenvalue weighted by molar-refractivity contribution is 7.99. The lowest BCUT2D eigenvalue weighted by atomic mass is 9.89. The zero-order valence-corrected chi connectivity index (χ0v) is 17.7. The van der Waals surface area contributed by atoms with Crippen molar-refractivity contribution in [1.29, 1.82) is 0 Å². The van der Waals surface area contributed by atoms with E-state index in [1.165, 1.54) is 22.2 Å². The maximum Gasteiger partial charge on any atom is 0.263 e. The van der Waals surface area contributed by atoms with Gasteiger partial charge in [-0.15, -0.1) is 17.9 Å². The van der Waals surface area contributed by atoms with Gasteiger partial charge in [-0.3, -0.25) is 14.2 Å². The monoisotopic (exact) mass is 405 g/mol. The molecule has 1 amide bonds. The second kappa shape index (κ2) is 9.06. The largest absolute Gasteiger partial charge is 0.355 e. The predicted molar refractivity (Wildman–Crippen MR) is 114 cm³/mol. The molecular formula is C20H27N3O2S2. The molecule has 1 aliphatic carbocycles. The molecule has 0 aromatic carbocycles. The highest BCUT2D eigenvalue weighted by Gasteiger charge is 2.24. The number of aryl methyl sites for hydroxylation is 1. The summed E-state index contributed by atoms with van der Waals surface area (Å²) in [5.41, 5.74) is 1.19. The van der Waals surface area contributed by atoms with Crippen LogP contribution in [0.25, 0.3) is 10.2 Å². The number of thioether (sulfide) groups is 1. The molecule has 1 atom stereocenters. The topological polar surface area (TPSA) is 64.0 Å². The van der Waals surface area contributed by atoms with E-state index >= 15 is 0 Å². The summed E-state index contributed by atoms with van der Waals surface area (Å²) in [6, 6.07) is 0. The molecule has 0 aliphatic heterocycles. The van der Waals surface area contributed by atoms with E-state index in [1.54, 1.807) is 22.0 Å². The van der Waals surface area contributed by atoms with Crippen LogP contribution in [-0.2, 0) is 24.2 Å². The van der Waals surface area contributed by atoms with Crippen LogP contribution in [0.1, 0.15) is 43.6 Å². The van der Waals surface area contributed by atoms with E-state index in [0.29, 0.717) is 24.2 Å². The molecule has 2 aromatic heterocycles. The molecule has 1 aliphatic rings. The van der Waals surface area contributed by atoms with Crippen molar-refractivity contribution in [3.63, 3.8) is 0 Å². The van der Waals surface area contributed by atoms with E-state index in [9.17, 15) is 9.59 Å². The lowest BCUT2D eigenvalue weighted by Crippen LogP contribution is -2.27. The Morgan fingerprint density at radius 3 is 3.07 bits per heavy atom. The number of amides is 1. The number of nitrogens with one attached hydrogen (secondary N) is 1. The second-order valence-electron chi connectivity index (χ2n) is 7.12. The Morgan fingerprint density at radius 1 is 1.52 bits per heavy atom. The van der Waals surface area contributed by atoms with Crippen LogP contribution in [0.15, 0.2) is 22.6 Å². The van der Waals surface area contributed by atoms with Crippen molar-refractivity contribution in [1.82, 2.24) is 14.9 Å². The molecule has 5 nitrogen and oxygen atoms in total. The lowest BCUT2D eigenvalue weighted by molar-refractivity contribution is -0.118. The summed E-state index contributed by atoms with van der Waals surface area (Å²) in [4.78, 5) is 32.1. The number of carbonyl (C=O) groups excluding carboxylic acids is 1. The van der Waals surface area contributed by atoms with Crippen LogP contribution in [0, 0.1) is 5.92 Å². The van der Waals surface area contributed by atoms with Gasteiger partial charge in [0, 0.05) is 18.0 Å². The van der Waals surface area contributed by atoms with E-state index in [2.05, 4.69) is 25.7 Å². The second-order valence-corrected chi connectivity index (χ2v) is 9.15. The SMILES string of the molecule is C=CCn1c(SCC(=O)NCCCC)nc2sc3c(c2c1=O)CC[C@H](C)C3. The zero-order chi connectivity index (χ0) is 19.4. The first kappa shape index (κ1) is 20.1. The maximum atomic E-state index is 13.2. The van der Waals surface area contributed by atoms with Crippen molar-refractivity contribution in [2.45, 2.75) is 57.7 Å². The summed E-state index contributed by atoms with van der Waals surface area (Å²) < 4.78 is 1.66. The summed E-state index contributed by atoms with van der Waals surface area (Å²) in [6.45, 7) is 9.22. The number of aromatic nitrogens is 2. The van der Waals surface area contributed by atoms with Gasteiger partial charge in [-0.25, -0.2) is 4.98 Å². The minimum absolute atomic E-state index is 0.000782. The van der Waals surface area contributed by atoms with Gasteiger partial charge in [-0.05, 0) is 37.2 Å². The van der Waals surface area contributed by atoms with Crippen molar-refractivity contribution < 1.29 is 4.79 Å². The normalized spacial score (nSPS) is 16.3. The summed E-state index contributed by atoms with van der Waals surface area (Å²) >= 11 is 2.97. The van der Waals surface area contributed by atoms with Crippen LogP contribution in [0.5, 0.6) is 0 Å². The Balaban J connectivity index is 1.90. The standard InChI is InChI=1S/C20H27N3O2S2/c1-4-6-9-21-16(24)12-26-20-22-18-17(19(25)23(20)10-5-2)14-8-7-13(3)11-15(14)27-18/h5,13H,2,4,6-12H2,1,3H3,(H,21,24)/t13-/m0/s1. The fraction of sp³-hybridized carbons (Fsp3) is 0.550. The summed E-state index contributed by atoms with van der Waals surface area (Å²) in [5, 5.41) is 4.29. The van der Waals surface area contributed by atoms with Gasteiger partial charge in [0.05, 0.1) is 11.1 Å². The Kier molecular flexibility index (Phi) is 6.76. The number of carbonyl (C=O) groups is 1. The van der Waals surface area contributed by atoms with Gasteiger partial charge in [-0.2, -0.15) is 0 Å². The van der Waals surface area contributed by atoms with E-state index in [0.717, 1.165) is 42.3 Å². The van der Waals surface area contributed by atoms with Crippen molar-refractivity contribution in [3.05, 3.63) is 33.4 Å². The Labute approximate surface area is 168 Å². The number of rotatable bonds is 8. The highest BCUT2D eigenvalue weighted by atomic mass is 32.2. The van der Waals surface area contributed by atoms with Crippen LogP contribution in [0.2, 0.25) is 0 Å². The molecule has 3 rings (SSSR count). The molecule has 0 unspecified atom stereocenters. The molecule has 1 N–H and O–H groups in total. The Bertz CT molecular complexity index is 901. The molecule has 0 radical (unpaired) electrons. The molecule has 146 valence electrons. The summed E-state index contributed by atoms with van der Waals surface area (Å²) in [6.07, 6.45) is 6.83. The van der Waals surface area contributed by atoms with Gasteiger partial charge in [0.25, 0.3) is 5.56 Å². The molecule has 2 heterocycles. The minimum atomic E-state index is -0.0211. The number of thiophene rings is 1. The number of hydrogen-bond donors (Lipinski definition) is 1. The molecular weight excluding hydrogens is 378 g/mol. The van der Waals surface area contributed by atoms with Gasteiger partial charge in [-0.1, -0.05) is 38.1 Å². The first-order chi connectivity index (χ1) is 13.0. The minimum Gasteiger partial charge on any atom is -0.355 e. The zero-order valence-electron chi connectivity index (χ0n) is 16.0. The van der Waals surface area contributed by atoms with E-state index in [4.69, 9.17) is 4.98 Å². The average molecular weight is 406 g/mol. The molecule has 0 saturated heterocycles. The molecule has 27 heavy (non-hydrogen) atoms. The van der Waals surface area contributed by atoms with Gasteiger partial charge in [0.2, 0.25) is 5.91 Å². The number of nitrogens with zero attached hydrogens (tertiary/aromatic N) is 2. The van der Waals surface area contributed by atoms with Gasteiger partial charge in [0.15, 0.2) is 5.16 Å². The number of unbranched alkanes of at least 4 members (excludes halogenated alkanes) is 1. The van der Waals surface area contributed by atoms with Crippen molar-refractivity contribution >= 4 is 39.2 Å². The quantitative estimate of drug-likeness (QED) is 0.314. The van der Waals surface area contributed by atoms with E-state index < -0.39 is 0 Å². The molecule has 2 aromatic rings. The van der Waals surface area contributed by atoms with Gasteiger partial charge < -0.3 is 5.32 Å². The number of allylic oxidation sites excluding steroid dienone is 1. The first-order valence-corrected chi connectivity index (χ1v) is 11.4. The smallest absolute Gasteiger partial charge is 0.263 e. The summed E-state index contributed by atoms with van der Waals surface area (Å²) in [7, 11) is 0. The highest BCUT2D eigenvalue weighted by Crippen LogP contribution is 2.36. The Hall–Kier alpha value is -1.60. The van der Waals surface area contributed by atoms with Crippen molar-refractivity contribution in [2.75, 3.05) is 12.3 Å². The van der Waals surface area contributed by atoms with Gasteiger partial charge >= 0.3 is 0 Å². The average Bonchev–Trinajstić information content (AvgIpc) is 3.00. The first-order valence-electron chi connectivity index (χ1n) is 9.60. The van der Waals surface area contributed by atoms with Crippen molar-refractivity contribution in [2.24, 2.45) is 5.92 Å². The van der Waals surface area contributed by atoms with Crippen LogP contribution in [0.4, 0.5) is 0 Å². The van der Waals surface area contributed by atoms with Crippen LogP contribution in [-0.4, -0.2) is 27.8 Å². The van der Waals surface area contributed by atoms with E-state index in [1.807, 2.05) is 0 Å². The number of fused-ring (bicyclic) bond motifs is 3.